The molecule has 1 N–H and O–H groups in total. The van der Waals surface area contributed by atoms with E-state index in [2.05, 4.69) is 38.0 Å². The van der Waals surface area contributed by atoms with E-state index in [-0.39, 0.29) is 11.3 Å². The third kappa shape index (κ3) is 2.81. The van der Waals surface area contributed by atoms with E-state index in [4.69, 9.17) is 0 Å². The highest BCUT2D eigenvalue weighted by atomic mass is 16.1. The minimum Gasteiger partial charge on any atom is -0.354 e. The molecule has 0 radical (unpaired) electrons. The average Bonchev–Trinajstić information content (AvgIpc) is 2.26. The van der Waals surface area contributed by atoms with Crippen LogP contribution in [-0.2, 0) is 0 Å². The van der Waals surface area contributed by atoms with Crippen LogP contribution in [0, 0.1) is 5.41 Å². The van der Waals surface area contributed by atoms with Crippen LogP contribution in [0.1, 0.15) is 49.7 Å². The zero-order valence-corrected chi connectivity index (χ0v) is 10.7. The lowest BCUT2D eigenvalue weighted by molar-refractivity contribution is 0.0958. The number of carbonyl (C=O) groups excluding carboxylic acids is 1. The molecule has 3 nitrogen and oxygen atoms in total. The highest BCUT2D eigenvalue weighted by Gasteiger charge is 2.22. The van der Waals surface area contributed by atoms with Crippen LogP contribution in [0.2, 0.25) is 0 Å². The zero-order valence-electron chi connectivity index (χ0n) is 10.7. The molecule has 0 spiro atoms. The number of hydrogen-bond donors (Lipinski definition) is 1. The van der Waals surface area contributed by atoms with E-state index in [9.17, 15) is 4.79 Å². The van der Waals surface area contributed by atoms with Crippen molar-refractivity contribution in [2.45, 2.75) is 33.6 Å². The van der Waals surface area contributed by atoms with E-state index in [0.717, 1.165) is 5.56 Å². The smallest absolute Gasteiger partial charge is 0.269 e. The highest BCUT2D eigenvalue weighted by molar-refractivity contribution is 5.92. The van der Waals surface area contributed by atoms with Crippen molar-refractivity contribution in [3.63, 3.8) is 0 Å². The molecule has 1 unspecified atom stereocenters. The van der Waals surface area contributed by atoms with Gasteiger partial charge >= 0.3 is 0 Å². The third-order valence-corrected chi connectivity index (χ3v) is 3.04. The zero-order chi connectivity index (χ0) is 12.3. The summed E-state index contributed by atoms with van der Waals surface area (Å²) < 4.78 is 0. The van der Waals surface area contributed by atoms with Gasteiger partial charge in [-0.1, -0.05) is 27.7 Å². The standard InChI is InChI=1S/C13H20N2O/c1-9(13(2,3)4)10-6-7-15-11(8-10)12(16)14-5/h6-9H,1-5H3,(H,14,16). The largest absolute Gasteiger partial charge is 0.354 e. The molecule has 3 heteroatoms. The molecule has 0 aliphatic heterocycles. The summed E-state index contributed by atoms with van der Waals surface area (Å²) in [6, 6.07) is 3.84. The minimum absolute atomic E-state index is 0.136. The van der Waals surface area contributed by atoms with Crippen molar-refractivity contribution >= 4 is 5.91 Å². The fraction of sp³-hybridized carbons (Fsp3) is 0.538. The molecule has 0 aliphatic carbocycles. The average molecular weight is 220 g/mol. The molecule has 0 bridgehead atoms. The maximum atomic E-state index is 11.5. The van der Waals surface area contributed by atoms with Gasteiger partial charge in [0.1, 0.15) is 5.69 Å². The highest BCUT2D eigenvalue weighted by Crippen LogP contribution is 2.34. The monoisotopic (exact) mass is 220 g/mol. The van der Waals surface area contributed by atoms with Gasteiger partial charge in [-0.3, -0.25) is 9.78 Å². The van der Waals surface area contributed by atoms with Crippen LogP contribution in [-0.4, -0.2) is 17.9 Å². The molecule has 16 heavy (non-hydrogen) atoms. The molecule has 0 aliphatic rings. The second-order valence-electron chi connectivity index (χ2n) is 5.14. The molecular weight excluding hydrogens is 200 g/mol. The van der Waals surface area contributed by atoms with E-state index >= 15 is 0 Å². The summed E-state index contributed by atoms with van der Waals surface area (Å²) in [6.07, 6.45) is 1.70. The second-order valence-corrected chi connectivity index (χ2v) is 5.14. The number of pyridine rings is 1. The molecule has 88 valence electrons. The van der Waals surface area contributed by atoms with Crippen molar-refractivity contribution < 1.29 is 4.79 Å². The van der Waals surface area contributed by atoms with Crippen LogP contribution in [0.4, 0.5) is 0 Å². The number of aromatic nitrogens is 1. The van der Waals surface area contributed by atoms with Crippen LogP contribution in [0.15, 0.2) is 18.3 Å². The molecule has 0 saturated heterocycles. The normalized spacial score (nSPS) is 13.3. The van der Waals surface area contributed by atoms with Crippen molar-refractivity contribution in [2.75, 3.05) is 7.05 Å². The lowest BCUT2D eigenvalue weighted by Crippen LogP contribution is -2.20. The summed E-state index contributed by atoms with van der Waals surface area (Å²) in [5, 5.41) is 2.58. The minimum atomic E-state index is -0.136. The summed E-state index contributed by atoms with van der Waals surface area (Å²) in [7, 11) is 1.61. The number of amides is 1. The Hall–Kier alpha value is -1.38. The molecular formula is C13H20N2O. The molecule has 1 aromatic heterocycles. The van der Waals surface area contributed by atoms with Crippen LogP contribution in [0.25, 0.3) is 0 Å². The molecule has 0 aromatic carbocycles. The van der Waals surface area contributed by atoms with E-state index < -0.39 is 0 Å². The van der Waals surface area contributed by atoms with Crippen molar-refractivity contribution in [1.29, 1.82) is 0 Å². The Morgan fingerprint density at radius 1 is 1.44 bits per heavy atom. The first kappa shape index (κ1) is 12.7. The van der Waals surface area contributed by atoms with Crippen LogP contribution >= 0.6 is 0 Å². The third-order valence-electron chi connectivity index (χ3n) is 3.04. The van der Waals surface area contributed by atoms with Gasteiger partial charge in [0.05, 0.1) is 0 Å². The van der Waals surface area contributed by atoms with Crippen LogP contribution in [0.5, 0.6) is 0 Å². The summed E-state index contributed by atoms with van der Waals surface area (Å²) >= 11 is 0. The Labute approximate surface area is 97.3 Å². The Morgan fingerprint density at radius 3 is 2.56 bits per heavy atom. The van der Waals surface area contributed by atoms with Gasteiger partial charge < -0.3 is 5.32 Å². The molecule has 1 atom stereocenters. The summed E-state index contributed by atoms with van der Waals surface area (Å²) in [5.41, 5.74) is 1.82. The van der Waals surface area contributed by atoms with Crippen molar-refractivity contribution in [3.8, 4) is 0 Å². The lowest BCUT2D eigenvalue weighted by atomic mass is 9.78. The van der Waals surface area contributed by atoms with Crippen molar-refractivity contribution in [3.05, 3.63) is 29.6 Å². The summed E-state index contributed by atoms with van der Waals surface area (Å²) in [4.78, 5) is 15.5. The van der Waals surface area contributed by atoms with Gasteiger partial charge in [0.25, 0.3) is 5.91 Å². The number of hydrogen-bond acceptors (Lipinski definition) is 2. The first-order valence-electron chi connectivity index (χ1n) is 5.54. The Kier molecular flexibility index (Phi) is 3.68. The van der Waals surface area contributed by atoms with Gasteiger partial charge in [0.15, 0.2) is 0 Å². The van der Waals surface area contributed by atoms with Gasteiger partial charge in [-0.05, 0) is 29.0 Å². The van der Waals surface area contributed by atoms with Gasteiger partial charge in [0, 0.05) is 13.2 Å². The van der Waals surface area contributed by atoms with Crippen molar-refractivity contribution in [2.24, 2.45) is 5.41 Å². The lowest BCUT2D eigenvalue weighted by Gasteiger charge is -2.27. The fourth-order valence-electron chi connectivity index (χ4n) is 1.47. The number of carbonyl (C=O) groups is 1. The number of rotatable bonds is 2. The number of nitrogens with one attached hydrogen (secondary N) is 1. The van der Waals surface area contributed by atoms with E-state index in [0.29, 0.717) is 11.6 Å². The molecule has 0 fully saturated rings. The van der Waals surface area contributed by atoms with E-state index in [1.807, 2.05) is 12.1 Å². The fourth-order valence-corrected chi connectivity index (χ4v) is 1.47. The molecule has 0 saturated carbocycles. The topological polar surface area (TPSA) is 42.0 Å². The quantitative estimate of drug-likeness (QED) is 0.832. The molecule has 1 amide bonds. The van der Waals surface area contributed by atoms with Gasteiger partial charge in [-0.2, -0.15) is 0 Å². The Bertz CT molecular complexity index is 380. The van der Waals surface area contributed by atoms with Gasteiger partial charge in [-0.25, -0.2) is 0 Å². The predicted molar refractivity (Wildman–Crippen MR) is 65.5 cm³/mol. The number of nitrogens with zero attached hydrogens (tertiary/aromatic N) is 1. The van der Waals surface area contributed by atoms with E-state index in [1.54, 1.807) is 13.2 Å². The van der Waals surface area contributed by atoms with Crippen molar-refractivity contribution in [1.82, 2.24) is 10.3 Å². The Morgan fingerprint density at radius 2 is 2.06 bits per heavy atom. The summed E-state index contributed by atoms with van der Waals surface area (Å²) in [6.45, 7) is 8.75. The van der Waals surface area contributed by atoms with Crippen LogP contribution < -0.4 is 5.32 Å². The summed E-state index contributed by atoms with van der Waals surface area (Å²) in [5.74, 6) is 0.252. The predicted octanol–water partition coefficient (Wildman–Crippen LogP) is 2.59. The SMILES string of the molecule is CNC(=O)c1cc(C(C)C(C)(C)C)ccn1. The molecule has 1 aromatic rings. The molecule has 1 rings (SSSR count). The first-order valence-corrected chi connectivity index (χ1v) is 5.54. The maximum absolute atomic E-state index is 11.5. The van der Waals surface area contributed by atoms with Crippen LogP contribution in [0.3, 0.4) is 0 Å². The second kappa shape index (κ2) is 4.64. The Balaban J connectivity index is 3.03. The van der Waals surface area contributed by atoms with Gasteiger partial charge in [0.2, 0.25) is 0 Å². The van der Waals surface area contributed by atoms with E-state index in [1.165, 1.54) is 0 Å². The molecule has 1 heterocycles. The first-order chi connectivity index (χ1) is 7.36. The maximum Gasteiger partial charge on any atom is 0.269 e. The van der Waals surface area contributed by atoms with Gasteiger partial charge in [-0.15, -0.1) is 0 Å².